The van der Waals surface area contributed by atoms with Crippen LogP contribution >= 0.6 is 11.3 Å². The molecule has 0 unspecified atom stereocenters. The lowest BCUT2D eigenvalue weighted by Crippen LogP contribution is -1.98. The molecule has 0 spiro atoms. The summed E-state index contributed by atoms with van der Waals surface area (Å²) in [4.78, 5) is 20.0. The van der Waals surface area contributed by atoms with Gasteiger partial charge < -0.3 is 20.0 Å². The molecule has 0 bridgehead atoms. The first-order chi connectivity index (χ1) is 10.6. The highest BCUT2D eigenvalue weighted by atomic mass is 32.1. The van der Waals surface area contributed by atoms with Gasteiger partial charge in [-0.1, -0.05) is 11.3 Å². The Kier molecular flexibility index (Phi) is 2.63. The first kappa shape index (κ1) is 12.8. The molecule has 0 aliphatic rings. The van der Waals surface area contributed by atoms with Crippen molar-refractivity contribution in [2.75, 3.05) is 5.32 Å². The summed E-state index contributed by atoms with van der Waals surface area (Å²) in [5.74, 6) is 0.157. The van der Waals surface area contributed by atoms with Crippen molar-refractivity contribution in [3.8, 4) is 0 Å². The molecule has 1 N–H and O–H groups in total. The number of hydrogen-bond acceptors (Lipinski definition) is 6. The number of nitro groups is 1. The average molecular weight is 314 g/mol. The van der Waals surface area contributed by atoms with E-state index in [0.717, 1.165) is 11.0 Å². The van der Waals surface area contributed by atoms with Gasteiger partial charge in [0.15, 0.2) is 0 Å². The second-order valence-corrected chi connectivity index (χ2v) is 5.65. The Morgan fingerprint density at radius 2 is 2.27 bits per heavy atom. The van der Waals surface area contributed by atoms with Crippen LogP contribution in [0.3, 0.4) is 0 Å². The normalized spacial score (nSPS) is 11.3. The molecule has 1 aromatic carbocycles. The summed E-state index contributed by atoms with van der Waals surface area (Å²) in [7, 11) is 1.91. The zero-order chi connectivity index (χ0) is 15.3. The van der Waals surface area contributed by atoms with E-state index in [1.807, 2.05) is 29.8 Å². The van der Waals surface area contributed by atoms with Gasteiger partial charge in [0.05, 0.1) is 17.4 Å². The fraction of sp³-hybridized carbons (Fsp3) is 0.0769. The lowest BCUT2D eigenvalue weighted by molar-refractivity contribution is -0.389. The van der Waals surface area contributed by atoms with Crippen LogP contribution in [-0.4, -0.2) is 23.9 Å². The minimum atomic E-state index is -0.436. The highest BCUT2D eigenvalue weighted by Gasteiger charge is 2.23. The van der Waals surface area contributed by atoms with Crippen LogP contribution in [0.25, 0.3) is 16.0 Å². The maximum Gasteiger partial charge on any atom is 0.373 e. The van der Waals surface area contributed by atoms with Gasteiger partial charge in [-0.05, 0) is 23.1 Å². The van der Waals surface area contributed by atoms with Gasteiger partial charge in [0.2, 0.25) is 5.82 Å². The fourth-order valence-electron chi connectivity index (χ4n) is 2.38. The zero-order valence-corrected chi connectivity index (χ0v) is 12.2. The van der Waals surface area contributed by atoms with E-state index >= 15 is 0 Å². The van der Waals surface area contributed by atoms with Crippen LogP contribution < -0.4 is 5.32 Å². The second-order valence-electron chi connectivity index (χ2n) is 4.78. The van der Waals surface area contributed by atoms with Gasteiger partial charge in [0.25, 0.3) is 4.96 Å². The predicted octanol–water partition coefficient (Wildman–Crippen LogP) is 2.93. The lowest BCUT2D eigenvalue weighted by atomic mass is 10.2. The molecule has 0 saturated carbocycles. The first-order valence-electron chi connectivity index (χ1n) is 6.41. The number of anilines is 2. The molecule has 0 fully saturated rings. The third-order valence-electron chi connectivity index (χ3n) is 3.40. The van der Waals surface area contributed by atoms with Crippen LogP contribution in [0.2, 0.25) is 0 Å². The van der Waals surface area contributed by atoms with E-state index in [0.29, 0.717) is 10.6 Å². The number of hydrogen-bond donors (Lipinski definition) is 1. The van der Waals surface area contributed by atoms with Gasteiger partial charge in [-0.3, -0.25) is 0 Å². The Balaban J connectivity index is 1.79. The quantitative estimate of drug-likeness (QED) is 0.464. The standard InChI is InChI=1S/C13H10N6O2S/c1-17-7-14-9-6-8(2-3-10(9)17)15-11-12(19(20)21)18-4-5-22-13(18)16-11/h2-7,15H,1H3. The van der Waals surface area contributed by atoms with Gasteiger partial charge in [-0.25, -0.2) is 4.98 Å². The number of imidazole rings is 2. The number of rotatable bonds is 3. The van der Waals surface area contributed by atoms with Crippen molar-refractivity contribution in [2.24, 2.45) is 7.05 Å². The summed E-state index contributed by atoms with van der Waals surface area (Å²) in [6, 6.07) is 5.60. The number of nitrogens with one attached hydrogen (secondary N) is 1. The van der Waals surface area contributed by atoms with Gasteiger partial charge in [0, 0.05) is 18.1 Å². The number of nitrogens with zero attached hydrogens (tertiary/aromatic N) is 5. The molecule has 8 nitrogen and oxygen atoms in total. The van der Waals surface area contributed by atoms with Crippen LogP contribution in [0.4, 0.5) is 17.3 Å². The Morgan fingerprint density at radius 1 is 1.41 bits per heavy atom. The Hall–Kier alpha value is -2.94. The Labute approximate surface area is 127 Å². The molecular formula is C13H10N6O2S. The summed E-state index contributed by atoms with van der Waals surface area (Å²) in [5, 5.41) is 16.1. The minimum absolute atomic E-state index is 0.0719. The summed E-state index contributed by atoms with van der Waals surface area (Å²) >= 11 is 1.35. The summed E-state index contributed by atoms with van der Waals surface area (Å²) in [6.45, 7) is 0. The molecule has 0 aliphatic carbocycles. The van der Waals surface area contributed by atoms with Crippen molar-refractivity contribution < 1.29 is 4.92 Å². The topological polar surface area (TPSA) is 90.3 Å². The molecule has 0 amide bonds. The Bertz CT molecular complexity index is 1010. The fourth-order valence-corrected chi connectivity index (χ4v) is 3.09. The van der Waals surface area contributed by atoms with Crippen molar-refractivity contribution in [1.82, 2.24) is 18.9 Å². The summed E-state index contributed by atoms with van der Waals surface area (Å²) in [6.07, 6.45) is 3.36. The van der Waals surface area contributed by atoms with Crippen molar-refractivity contribution in [1.29, 1.82) is 0 Å². The maximum absolute atomic E-state index is 11.3. The zero-order valence-electron chi connectivity index (χ0n) is 11.4. The third kappa shape index (κ3) is 1.83. The molecule has 4 rings (SSSR count). The van der Waals surface area contributed by atoms with E-state index in [4.69, 9.17) is 0 Å². The second kappa shape index (κ2) is 4.53. The first-order valence-corrected chi connectivity index (χ1v) is 7.29. The van der Waals surface area contributed by atoms with E-state index in [2.05, 4.69) is 15.3 Å². The van der Waals surface area contributed by atoms with Gasteiger partial charge in [-0.2, -0.15) is 9.38 Å². The summed E-state index contributed by atoms with van der Waals surface area (Å²) < 4.78 is 3.38. The average Bonchev–Trinajstić information content (AvgIpc) is 3.13. The minimum Gasteiger partial charge on any atom is -0.358 e. The molecule has 0 aliphatic heterocycles. The third-order valence-corrected chi connectivity index (χ3v) is 4.15. The van der Waals surface area contributed by atoms with Crippen LogP contribution in [0, 0.1) is 10.1 Å². The molecule has 0 saturated heterocycles. The van der Waals surface area contributed by atoms with Crippen molar-refractivity contribution in [2.45, 2.75) is 0 Å². The number of fused-ring (bicyclic) bond motifs is 2. The molecule has 3 aromatic heterocycles. The van der Waals surface area contributed by atoms with Crippen molar-refractivity contribution in [3.05, 3.63) is 46.2 Å². The van der Waals surface area contributed by atoms with Gasteiger partial charge in [-0.15, -0.1) is 0 Å². The number of thiazole rings is 1. The van der Waals surface area contributed by atoms with Crippen LogP contribution in [0.15, 0.2) is 36.1 Å². The molecule has 0 atom stereocenters. The van der Waals surface area contributed by atoms with Crippen molar-refractivity contribution >= 4 is 44.7 Å². The molecule has 4 aromatic rings. The van der Waals surface area contributed by atoms with Crippen LogP contribution in [-0.2, 0) is 7.05 Å². The molecule has 0 radical (unpaired) electrons. The highest BCUT2D eigenvalue weighted by Crippen LogP contribution is 2.31. The van der Waals surface area contributed by atoms with Gasteiger partial charge in [0.1, 0.15) is 6.20 Å². The van der Waals surface area contributed by atoms with E-state index < -0.39 is 4.92 Å². The summed E-state index contributed by atoms with van der Waals surface area (Å²) in [5.41, 5.74) is 2.52. The molecule has 3 heterocycles. The maximum atomic E-state index is 11.3. The van der Waals surface area contributed by atoms with Crippen molar-refractivity contribution in [3.63, 3.8) is 0 Å². The smallest absolute Gasteiger partial charge is 0.358 e. The van der Waals surface area contributed by atoms with E-state index in [9.17, 15) is 10.1 Å². The molecular weight excluding hydrogens is 304 g/mol. The molecule has 22 heavy (non-hydrogen) atoms. The van der Waals surface area contributed by atoms with Crippen LogP contribution in [0.1, 0.15) is 0 Å². The monoisotopic (exact) mass is 314 g/mol. The largest absolute Gasteiger partial charge is 0.373 e. The number of benzene rings is 1. The Morgan fingerprint density at radius 3 is 3.09 bits per heavy atom. The molecule has 110 valence electrons. The highest BCUT2D eigenvalue weighted by molar-refractivity contribution is 7.15. The van der Waals surface area contributed by atoms with Gasteiger partial charge >= 0.3 is 5.82 Å². The SMILES string of the molecule is Cn1cnc2cc(Nc3nc4sccn4c3[N+](=O)[O-])ccc21. The van der Waals surface area contributed by atoms with E-state index in [1.54, 1.807) is 17.9 Å². The predicted molar refractivity (Wildman–Crippen MR) is 83.7 cm³/mol. The molecule has 9 heteroatoms. The number of aromatic nitrogens is 4. The van der Waals surface area contributed by atoms with E-state index in [1.165, 1.54) is 15.7 Å². The number of aryl methyl sites for hydroxylation is 1. The van der Waals surface area contributed by atoms with Crippen LogP contribution in [0.5, 0.6) is 0 Å². The lowest BCUT2D eigenvalue weighted by Gasteiger charge is -2.03. The van der Waals surface area contributed by atoms with E-state index in [-0.39, 0.29) is 11.6 Å².